The minimum Gasteiger partial charge on any atom is -0.352 e. The first-order chi connectivity index (χ1) is 19.7. The summed E-state index contributed by atoms with van der Waals surface area (Å²) in [6.07, 6.45) is 4.93. The maximum Gasteiger partial charge on any atom is 0.264 e. The van der Waals surface area contributed by atoms with Gasteiger partial charge in [-0.15, -0.1) is 0 Å². The quantitative estimate of drug-likeness (QED) is 0.289. The Kier molecular flexibility index (Phi) is 10.5. The Labute approximate surface area is 248 Å². The largest absolute Gasteiger partial charge is 0.352 e. The molecule has 1 aliphatic carbocycles. The van der Waals surface area contributed by atoms with Crippen LogP contribution in [0.5, 0.6) is 0 Å². The van der Waals surface area contributed by atoms with Gasteiger partial charge in [-0.2, -0.15) is 0 Å². The fourth-order valence-electron chi connectivity index (χ4n) is 5.36. The highest BCUT2D eigenvalue weighted by molar-refractivity contribution is 7.92. The standard InChI is InChI=1S/C32H38ClN3O4S/c1-3-29(32(38)34-26-15-10-11-16-26)35(22-21-25-13-6-4-7-14-25)31(37)23-36(30-20-12-19-28(33)24(30)2)41(39,40)27-17-8-5-9-18-27/h4-9,12-14,17-20,26,29H,3,10-11,15-16,21-23H2,1-2H3,(H,34,38)/t29-/m1/s1. The Morgan fingerprint density at radius 1 is 0.951 bits per heavy atom. The summed E-state index contributed by atoms with van der Waals surface area (Å²) in [5.41, 5.74) is 1.89. The number of carbonyl (C=O) groups is 2. The molecule has 3 aromatic rings. The highest BCUT2D eigenvalue weighted by Gasteiger charge is 2.34. The van der Waals surface area contributed by atoms with Gasteiger partial charge in [0.1, 0.15) is 12.6 Å². The van der Waals surface area contributed by atoms with Crippen LogP contribution in [-0.4, -0.2) is 50.3 Å². The predicted octanol–water partition coefficient (Wildman–Crippen LogP) is 5.75. The molecule has 0 unspecified atom stereocenters. The van der Waals surface area contributed by atoms with Crippen molar-refractivity contribution in [2.45, 2.75) is 69.4 Å². The Morgan fingerprint density at radius 3 is 2.22 bits per heavy atom. The van der Waals surface area contributed by atoms with Crippen LogP contribution in [0.15, 0.2) is 83.8 Å². The lowest BCUT2D eigenvalue weighted by Gasteiger charge is -2.34. The molecule has 2 amide bonds. The highest BCUT2D eigenvalue weighted by atomic mass is 35.5. The van der Waals surface area contributed by atoms with Crippen molar-refractivity contribution in [3.63, 3.8) is 0 Å². The SMILES string of the molecule is CC[C@H](C(=O)NC1CCCC1)N(CCc1ccccc1)C(=O)CN(c1cccc(Cl)c1C)S(=O)(=O)c1ccccc1. The Morgan fingerprint density at radius 2 is 1.59 bits per heavy atom. The molecule has 4 rings (SSSR count). The molecular weight excluding hydrogens is 558 g/mol. The summed E-state index contributed by atoms with van der Waals surface area (Å²) in [6, 6.07) is 22.1. The molecule has 7 nitrogen and oxygen atoms in total. The molecule has 1 fully saturated rings. The van der Waals surface area contributed by atoms with Gasteiger partial charge in [-0.05, 0) is 68.0 Å². The fraction of sp³-hybridized carbons (Fsp3) is 0.375. The van der Waals surface area contributed by atoms with E-state index in [-0.39, 0.29) is 23.4 Å². The van der Waals surface area contributed by atoms with Crippen molar-refractivity contribution in [3.8, 4) is 0 Å². The molecule has 1 saturated carbocycles. The molecule has 9 heteroatoms. The van der Waals surface area contributed by atoms with Crippen LogP contribution >= 0.6 is 11.6 Å². The van der Waals surface area contributed by atoms with Gasteiger partial charge < -0.3 is 10.2 Å². The summed E-state index contributed by atoms with van der Waals surface area (Å²) < 4.78 is 29.1. The number of rotatable bonds is 12. The first-order valence-corrected chi connectivity index (χ1v) is 16.0. The molecule has 0 spiro atoms. The third-order valence-electron chi connectivity index (χ3n) is 7.69. The number of hydrogen-bond acceptors (Lipinski definition) is 4. The molecule has 0 radical (unpaired) electrons. The molecule has 3 aromatic carbocycles. The smallest absolute Gasteiger partial charge is 0.264 e. The van der Waals surface area contributed by atoms with Gasteiger partial charge in [-0.1, -0.05) is 86.0 Å². The minimum atomic E-state index is -4.13. The van der Waals surface area contributed by atoms with E-state index in [1.165, 1.54) is 12.1 Å². The van der Waals surface area contributed by atoms with E-state index in [1.54, 1.807) is 48.2 Å². The van der Waals surface area contributed by atoms with Crippen molar-refractivity contribution in [1.29, 1.82) is 0 Å². The number of hydrogen-bond donors (Lipinski definition) is 1. The zero-order chi connectivity index (χ0) is 29.4. The van der Waals surface area contributed by atoms with Crippen molar-refractivity contribution in [3.05, 3.63) is 95.0 Å². The number of nitrogens with zero attached hydrogens (tertiary/aromatic N) is 2. The van der Waals surface area contributed by atoms with Crippen LogP contribution in [0.3, 0.4) is 0 Å². The normalized spacial score (nSPS) is 14.4. The van der Waals surface area contributed by atoms with E-state index in [9.17, 15) is 18.0 Å². The summed E-state index contributed by atoms with van der Waals surface area (Å²) in [6.45, 7) is 3.40. The van der Waals surface area contributed by atoms with Crippen LogP contribution in [-0.2, 0) is 26.0 Å². The number of anilines is 1. The maximum atomic E-state index is 14.2. The lowest BCUT2D eigenvalue weighted by atomic mass is 10.1. The minimum absolute atomic E-state index is 0.0639. The topological polar surface area (TPSA) is 86.8 Å². The summed E-state index contributed by atoms with van der Waals surface area (Å²) in [5.74, 6) is -0.648. The van der Waals surface area contributed by atoms with E-state index in [4.69, 9.17) is 11.6 Å². The van der Waals surface area contributed by atoms with Crippen LogP contribution in [0.1, 0.15) is 50.2 Å². The molecule has 0 aliphatic heterocycles. The van der Waals surface area contributed by atoms with Gasteiger partial charge in [-0.3, -0.25) is 13.9 Å². The predicted molar refractivity (Wildman–Crippen MR) is 163 cm³/mol. The summed E-state index contributed by atoms with van der Waals surface area (Å²) >= 11 is 6.40. The van der Waals surface area contributed by atoms with Crippen LogP contribution in [0.4, 0.5) is 5.69 Å². The Bertz CT molecular complexity index is 1430. The Hall–Kier alpha value is -3.36. The molecule has 0 aromatic heterocycles. The van der Waals surface area contributed by atoms with Gasteiger partial charge in [0.2, 0.25) is 11.8 Å². The van der Waals surface area contributed by atoms with E-state index in [0.29, 0.717) is 29.1 Å². The zero-order valence-electron chi connectivity index (χ0n) is 23.6. The van der Waals surface area contributed by atoms with E-state index in [2.05, 4.69) is 5.32 Å². The molecule has 1 aliphatic rings. The molecule has 41 heavy (non-hydrogen) atoms. The first-order valence-electron chi connectivity index (χ1n) is 14.2. The molecule has 0 heterocycles. The average Bonchev–Trinajstić information content (AvgIpc) is 3.49. The van der Waals surface area contributed by atoms with Gasteiger partial charge in [0.15, 0.2) is 0 Å². The number of amides is 2. The number of nitrogens with one attached hydrogen (secondary N) is 1. The van der Waals surface area contributed by atoms with Crippen LogP contribution < -0.4 is 9.62 Å². The van der Waals surface area contributed by atoms with Crippen molar-refractivity contribution in [2.24, 2.45) is 0 Å². The Balaban J connectivity index is 1.69. The van der Waals surface area contributed by atoms with E-state index >= 15 is 0 Å². The number of halogens is 1. The molecular formula is C32H38ClN3O4S. The highest BCUT2D eigenvalue weighted by Crippen LogP contribution is 2.31. The zero-order valence-corrected chi connectivity index (χ0v) is 25.2. The average molecular weight is 596 g/mol. The molecule has 0 bridgehead atoms. The number of benzene rings is 3. The second-order valence-electron chi connectivity index (χ2n) is 10.4. The monoisotopic (exact) mass is 595 g/mol. The third-order valence-corrected chi connectivity index (χ3v) is 9.87. The van der Waals surface area contributed by atoms with Crippen LogP contribution in [0.25, 0.3) is 0 Å². The van der Waals surface area contributed by atoms with E-state index < -0.39 is 28.5 Å². The van der Waals surface area contributed by atoms with Crippen molar-refractivity contribution in [2.75, 3.05) is 17.4 Å². The van der Waals surface area contributed by atoms with Gasteiger partial charge in [0.25, 0.3) is 10.0 Å². The molecule has 218 valence electrons. The van der Waals surface area contributed by atoms with E-state index in [0.717, 1.165) is 35.6 Å². The van der Waals surface area contributed by atoms with E-state index in [1.807, 2.05) is 37.3 Å². The van der Waals surface area contributed by atoms with Gasteiger partial charge >= 0.3 is 0 Å². The molecule has 1 atom stereocenters. The second kappa shape index (κ2) is 14.0. The molecule has 1 N–H and O–H groups in total. The number of sulfonamides is 1. The van der Waals surface area contributed by atoms with Gasteiger partial charge in [-0.25, -0.2) is 8.42 Å². The van der Waals surface area contributed by atoms with Gasteiger partial charge in [0, 0.05) is 17.6 Å². The van der Waals surface area contributed by atoms with Crippen molar-refractivity contribution in [1.82, 2.24) is 10.2 Å². The van der Waals surface area contributed by atoms with Crippen LogP contribution in [0, 0.1) is 6.92 Å². The first kappa shape index (κ1) is 30.6. The maximum absolute atomic E-state index is 14.2. The summed E-state index contributed by atoms with van der Waals surface area (Å²) in [4.78, 5) is 29.3. The number of carbonyl (C=O) groups excluding carboxylic acids is 2. The summed E-state index contributed by atoms with van der Waals surface area (Å²) in [7, 11) is -4.13. The van der Waals surface area contributed by atoms with Crippen molar-refractivity contribution < 1.29 is 18.0 Å². The fourth-order valence-corrected chi connectivity index (χ4v) is 7.02. The lowest BCUT2D eigenvalue weighted by Crippen LogP contribution is -2.54. The molecule has 0 saturated heterocycles. The third kappa shape index (κ3) is 7.49. The van der Waals surface area contributed by atoms with Gasteiger partial charge in [0.05, 0.1) is 10.6 Å². The lowest BCUT2D eigenvalue weighted by molar-refractivity contribution is -0.139. The van der Waals surface area contributed by atoms with Crippen LogP contribution in [0.2, 0.25) is 5.02 Å². The van der Waals surface area contributed by atoms with Crippen molar-refractivity contribution >= 4 is 39.1 Å². The second-order valence-corrected chi connectivity index (χ2v) is 12.7. The summed E-state index contributed by atoms with van der Waals surface area (Å²) in [5, 5.41) is 3.53.